The van der Waals surface area contributed by atoms with E-state index in [1.54, 1.807) is 11.8 Å². The van der Waals surface area contributed by atoms with Crippen LogP contribution in [0.3, 0.4) is 0 Å². The summed E-state index contributed by atoms with van der Waals surface area (Å²) in [6.07, 6.45) is 0. The Kier molecular flexibility index (Phi) is 2.87. The van der Waals surface area contributed by atoms with Gasteiger partial charge < -0.3 is 10.8 Å². The van der Waals surface area contributed by atoms with Gasteiger partial charge >= 0.3 is 5.97 Å². The van der Waals surface area contributed by atoms with Crippen LogP contribution in [0.4, 0.5) is 0 Å². The van der Waals surface area contributed by atoms with E-state index < -0.39 is 12.0 Å². The summed E-state index contributed by atoms with van der Waals surface area (Å²) in [6, 6.07) is -0.580. The second-order valence-corrected chi connectivity index (χ2v) is 6.29. The van der Waals surface area contributed by atoms with Gasteiger partial charge in [-0.1, -0.05) is 0 Å². The van der Waals surface area contributed by atoms with Crippen LogP contribution < -0.4 is 5.73 Å². The SMILES string of the molecule is NC1C(=O)N2C(C(=O)O)=C(C3=NCCS3)CS[C@H]12. The predicted molar refractivity (Wildman–Crippen MR) is 70.5 cm³/mol. The summed E-state index contributed by atoms with van der Waals surface area (Å²) in [5.41, 5.74) is 6.40. The third-order valence-corrected chi connectivity index (χ3v) is 5.39. The predicted octanol–water partition coefficient (Wildman–Crippen LogP) is -0.287. The zero-order chi connectivity index (χ0) is 12.9. The number of nitrogens with zero attached hydrogens (tertiary/aromatic N) is 2. The van der Waals surface area contributed by atoms with Crippen LogP contribution >= 0.6 is 23.5 Å². The van der Waals surface area contributed by atoms with Crippen molar-refractivity contribution in [2.45, 2.75) is 11.4 Å². The summed E-state index contributed by atoms with van der Waals surface area (Å²) in [4.78, 5) is 28.7. The van der Waals surface area contributed by atoms with Crippen molar-refractivity contribution in [3.63, 3.8) is 0 Å². The molecule has 96 valence electrons. The maximum absolute atomic E-state index is 11.7. The molecule has 0 bridgehead atoms. The van der Waals surface area contributed by atoms with Gasteiger partial charge in [0.2, 0.25) is 5.91 Å². The number of aliphatic imine (C=N–C) groups is 1. The molecule has 3 aliphatic heterocycles. The summed E-state index contributed by atoms with van der Waals surface area (Å²) < 4.78 is 0. The van der Waals surface area contributed by atoms with Crippen LogP contribution in [0.15, 0.2) is 16.3 Å². The number of aliphatic carboxylic acids is 1. The first-order valence-electron chi connectivity index (χ1n) is 5.45. The Labute approximate surface area is 112 Å². The topological polar surface area (TPSA) is 96.0 Å². The molecule has 0 radical (unpaired) electrons. The highest BCUT2D eigenvalue weighted by atomic mass is 32.2. The fourth-order valence-corrected chi connectivity index (χ4v) is 4.48. The number of carboxylic acids is 1. The quantitative estimate of drug-likeness (QED) is 0.677. The van der Waals surface area contributed by atoms with Gasteiger partial charge in [-0.15, -0.1) is 23.5 Å². The lowest BCUT2D eigenvalue weighted by molar-refractivity contribution is -0.147. The zero-order valence-corrected chi connectivity index (χ0v) is 11.0. The van der Waals surface area contributed by atoms with Crippen molar-refractivity contribution in [3.8, 4) is 0 Å². The van der Waals surface area contributed by atoms with Gasteiger partial charge in [-0.05, 0) is 0 Å². The number of hydrogen-bond donors (Lipinski definition) is 2. The second kappa shape index (κ2) is 4.29. The standard InChI is InChI=1S/C10H11N3O3S2/c11-5-8(14)13-6(10(15)16)4(3-18-9(5)13)7-12-1-2-17-7/h5,9H,1-3,11H2,(H,15,16)/t5?,9-/m1/s1. The molecule has 0 aromatic heterocycles. The fourth-order valence-electron chi connectivity index (χ4n) is 2.20. The van der Waals surface area contributed by atoms with Crippen LogP contribution in [-0.4, -0.2) is 56.4 Å². The average molecular weight is 285 g/mol. The van der Waals surface area contributed by atoms with Crippen LogP contribution in [0.25, 0.3) is 0 Å². The summed E-state index contributed by atoms with van der Waals surface area (Å²) in [5.74, 6) is 0.0274. The van der Waals surface area contributed by atoms with E-state index in [9.17, 15) is 14.7 Å². The molecule has 18 heavy (non-hydrogen) atoms. The summed E-state index contributed by atoms with van der Waals surface area (Å²) in [6.45, 7) is 0.706. The van der Waals surface area contributed by atoms with E-state index in [1.807, 2.05) is 0 Å². The number of nitrogens with two attached hydrogens (primary N) is 1. The van der Waals surface area contributed by atoms with Gasteiger partial charge in [0.15, 0.2) is 0 Å². The molecule has 0 saturated carbocycles. The van der Waals surface area contributed by atoms with Gasteiger partial charge in [0, 0.05) is 23.6 Å². The molecule has 1 saturated heterocycles. The van der Waals surface area contributed by atoms with Gasteiger partial charge in [0.05, 0.1) is 5.04 Å². The van der Waals surface area contributed by atoms with Crippen molar-refractivity contribution in [1.29, 1.82) is 0 Å². The summed E-state index contributed by atoms with van der Waals surface area (Å²) >= 11 is 3.05. The third kappa shape index (κ3) is 1.59. The largest absolute Gasteiger partial charge is 0.477 e. The smallest absolute Gasteiger partial charge is 0.353 e. The normalized spacial score (nSPS) is 31.1. The number of rotatable bonds is 2. The second-order valence-electron chi connectivity index (χ2n) is 4.10. The van der Waals surface area contributed by atoms with E-state index in [0.29, 0.717) is 17.9 Å². The number of carbonyl (C=O) groups is 2. The Morgan fingerprint density at radius 3 is 2.94 bits per heavy atom. The first kappa shape index (κ1) is 12.1. The van der Waals surface area contributed by atoms with Crippen molar-refractivity contribution in [3.05, 3.63) is 11.3 Å². The Morgan fingerprint density at radius 2 is 2.33 bits per heavy atom. The summed E-state index contributed by atoms with van der Waals surface area (Å²) in [5, 5.41) is 9.85. The van der Waals surface area contributed by atoms with Gasteiger partial charge in [0.25, 0.3) is 0 Å². The highest BCUT2D eigenvalue weighted by Crippen LogP contribution is 2.41. The molecule has 1 fully saturated rings. The molecule has 6 nitrogen and oxygen atoms in total. The Hall–Kier alpha value is -0.990. The van der Waals surface area contributed by atoms with Gasteiger partial charge in [-0.2, -0.15) is 0 Å². The lowest BCUT2D eigenvalue weighted by atomic mass is 10.0. The van der Waals surface area contributed by atoms with Crippen LogP contribution in [0, 0.1) is 0 Å². The Balaban J connectivity index is 2.03. The molecule has 0 aliphatic carbocycles. The van der Waals surface area contributed by atoms with Crippen LogP contribution in [0.5, 0.6) is 0 Å². The monoisotopic (exact) mass is 285 g/mol. The van der Waals surface area contributed by atoms with Crippen molar-refractivity contribution < 1.29 is 14.7 Å². The molecule has 0 spiro atoms. The first-order chi connectivity index (χ1) is 8.61. The number of hydrogen-bond acceptors (Lipinski definition) is 6. The molecule has 3 rings (SSSR count). The van der Waals surface area contributed by atoms with Crippen molar-refractivity contribution in [1.82, 2.24) is 4.90 Å². The number of fused-ring (bicyclic) bond motifs is 1. The first-order valence-corrected chi connectivity index (χ1v) is 7.49. The molecule has 3 N–H and O–H groups in total. The van der Waals surface area contributed by atoms with E-state index in [-0.39, 0.29) is 17.0 Å². The third-order valence-electron chi connectivity index (χ3n) is 3.06. The van der Waals surface area contributed by atoms with E-state index in [1.165, 1.54) is 16.7 Å². The summed E-state index contributed by atoms with van der Waals surface area (Å²) in [7, 11) is 0. The molecule has 8 heteroatoms. The number of β-lactam (4-membered cyclic amide) rings is 1. The van der Waals surface area contributed by atoms with E-state index >= 15 is 0 Å². The average Bonchev–Trinajstić information content (AvgIpc) is 2.89. The van der Waals surface area contributed by atoms with Gasteiger partial charge in [-0.25, -0.2) is 4.79 Å². The maximum Gasteiger partial charge on any atom is 0.353 e. The fraction of sp³-hybridized carbons (Fsp3) is 0.500. The molecular formula is C10H11N3O3S2. The van der Waals surface area contributed by atoms with Crippen molar-refractivity contribution >= 4 is 40.4 Å². The lowest BCUT2D eigenvalue weighted by Crippen LogP contribution is -2.68. The number of amides is 1. The van der Waals surface area contributed by atoms with Gasteiger partial charge in [-0.3, -0.25) is 14.7 Å². The molecule has 1 unspecified atom stereocenters. The van der Waals surface area contributed by atoms with E-state index in [0.717, 1.165) is 10.8 Å². The van der Waals surface area contributed by atoms with Crippen LogP contribution in [-0.2, 0) is 9.59 Å². The van der Waals surface area contributed by atoms with Crippen molar-refractivity contribution in [2.75, 3.05) is 18.1 Å². The molecule has 0 aromatic rings. The number of carbonyl (C=O) groups excluding carboxylic acids is 1. The van der Waals surface area contributed by atoms with Gasteiger partial charge in [0.1, 0.15) is 17.1 Å². The molecule has 2 atom stereocenters. The highest BCUT2D eigenvalue weighted by molar-refractivity contribution is 8.14. The molecular weight excluding hydrogens is 274 g/mol. The molecule has 0 aromatic carbocycles. The minimum absolute atomic E-state index is 0.0681. The maximum atomic E-state index is 11.7. The minimum atomic E-state index is -1.08. The van der Waals surface area contributed by atoms with Crippen LogP contribution in [0.1, 0.15) is 0 Å². The zero-order valence-electron chi connectivity index (χ0n) is 9.33. The highest BCUT2D eigenvalue weighted by Gasteiger charge is 2.52. The number of thioether (sulfide) groups is 2. The van der Waals surface area contributed by atoms with Crippen molar-refractivity contribution in [2.24, 2.45) is 10.7 Å². The Bertz CT molecular complexity index is 503. The Morgan fingerprint density at radius 1 is 1.56 bits per heavy atom. The number of carboxylic acid groups (broad SMARTS) is 1. The molecule has 3 aliphatic rings. The van der Waals surface area contributed by atoms with Crippen LogP contribution in [0.2, 0.25) is 0 Å². The molecule has 3 heterocycles. The van der Waals surface area contributed by atoms with E-state index in [4.69, 9.17) is 5.73 Å². The lowest BCUT2D eigenvalue weighted by Gasteiger charge is -2.47. The van der Waals surface area contributed by atoms with E-state index in [2.05, 4.69) is 4.99 Å². The molecule has 1 amide bonds. The minimum Gasteiger partial charge on any atom is -0.477 e.